The Morgan fingerprint density at radius 3 is 2.45 bits per heavy atom. The fourth-order valence-corrected chi connectivity index (χ4v) is 2.87. The average Bonchev–Trinajstić information content (AvgIpc) is 2.80. The van der Waals surface area contributed by atoms with Crippen LogP contribution in [0.2, 0.25) is 10.0 Å². The fraction of sp³-hybridized carbons (Fsp3) is 0.133. The molecule has 1 heterocycles. The number of aromatic nitrogens is 2. The van der Waals surface area contributed by atoms with Crippen LogP contribution in [0.3, 0.4) is 0 Å². The highest BCUT2D eigenvalue weighted by atomic mass is 35.5. The van der Waals surface area contributed by atoms with Crippen molar-refractivity contribution in [3.05, 3.63) is 58.3 Å². The van der Waals surface area contributed by atoms with Crippen LogP contribution in [0.1, 0.15) is 5.82 Å². The van der Waals surface area contributed by atoms with Crippen LogP contribution >= 0.6 is 34.8 Å². The molecule has 0 saturated heterocycles. The van der Waals surface area contributed by atoms with Gasteiger partial charge in [0.2, 0.25) is 0 Å². The summed E-state index contributed by atoms with van der Waals surface area (Å²) in [5.74, 6) is 1.35. The molecular weight excluding hydrogens is 315 g/mol. The standard InChI is InChI=1S/C15H11Cl3N2/c16-9-8-14-19-15-11(18)5-3-7-13(15)20(14)12-6-2-1-4-10(12)17/h1-7H,8-9H2. The summed E-state index contributed by atoms with van der Waals surface area (Å²) in [6.07, 6.45) is 0.651. The summed E-state index contributed by atoms with van der Waals surface area (Å²) in [6.45, 7) is 0. The lowest BCUT2D eigenvalue weighted by molar-refractivity contribution is 0.912. The first-order valence-electron chi connectivity index (χ1n) is 6.19. The second-order valence-corrected chi connectivity index (χ2v) is 5.55. The Balaban J connectivity index is 2.35. The molecule has 0 amide bonds. The SMILES string of the molecule is ClCCc1nc2c(Cl)cccc2n1-c1ccccc1Cl. The van der Waals surface area contributed by atoms with E-state index in [0.717, 1.165) is 22.5 Å². The Hall–Kier alpha value is -1.22. The zero-order valence-corrected chi connectivity index (χ0v) is 12.8. The van der Waals surface area contributed by atoms with Gasteiger partial charge in [-0.05, 0) is 24.3 Å². The van der Waals surface area contributed by atoms with E-state index in [9.17, 15) is 0 Å². The van der Waals surface area contributed by atoms with Crippen molar-refractivity contribution in [3.8, 4) is 5.69 Å². The molecule has 0 N–H and O–H groups in total. The van der Waals surface area contributed by atoms with E-state index in [1.807, 2.05) is 47.0 Å². The third-order valence-corrected chi connectivity index (χ3v) is 3.93. The molecule has 0 aliphatic carbocycles. The van der Waals surface area contributed by atoms with E-state index in [-0.39, 0.29) is 0 Å². The number of hydrogen-bond donors (Lipinski definition) is 0. The largest absolute Gasteiger partial charge is 0.295 e. The van der Waals surface area contributed by atoms with Crippen LogP contribution in [-0.4, -0.2) is 15.4 Å². The highest BCUT2D eigenvalue weighted by molar-refractivity contribution is 6.35. The highest BCUT2D eigenvalue weighted by Gasteiger charge is 2.15. The van der Waals surface area contributed by atoms with Crippen LogP contribution in [0.4, 0.5) is 0 Å². The molecule has 2 aromatic carbocycles. The molecule has 0 spiro atoms. The van der Waals surface area contributed by atoms with Gasteiger partial charge in [-0.3, -0.25) is 4.57 Å². The number of benzene rings is 2. The molecule has 0 fully saturated rings. The van der Waals surface area contributed by atoms with Gasteiger partial charge >= 0.3 is 0 Å². The molecular formula is C15H11Cl3N2. The van der Waals surface area contributed by atoms with Crippen molar-refractivity contribution in [2.45, 2.75) is 6.42 Å². The van der Waals surface area contributed by atoms with Crippen LogP contribution in [0.15, 0.2) is 42.5 Å². The van der Waals surface area contributed by atoms with E-state index in [1.54, 1.807) is 0 Å². The topological polar surface area (TPSA) is 17.8 Å². The van der Waals surface area contributed by atoms with Gasteiger partial charge in [-0.15, -0.1) is 11.6 Å². The van der Waals surface area contributed by atoms with Crippen LogP contribution in [0, 0.1) is 0 Å². The number of imidazole rings is 1. The molecule has 102 valence electrons. The van der Waals surface area contributed by atoms with Gasteiger partial charge in [-0.1, -0.05) is 41.4 Å². The van der Waals surface area contributed by atoms with E-state index in [4.69, 9.17) is 34.8 Å². The maximum atomic E-state index is 6.31. The number of para-hydroxylation sites is 2. The molecule has 0 atom stereocenters. The number of rotatable bonds is 3. The molecule has 0 aliphatic rings. The number of halogens is 3. The first-order valence-corrected chi connectivity index (χ1v) is 7.48. The minimum absolute atomic E-state index is 0.491. The molecule has 2 nitrogen and oxygen atoms in total. The predicted molar refractivity (Wildman–Crippen MR) is 85.5 cm³/mol. The van der Waals surface area contributed by atoms with Gasteiger partial charge in [0.15, 0.2) is 0 Å². The fourth-order valence-electron chi connectivity index (χ4n) is 2.27. The molecule has 3 rings (SSSR count). The van der Waals surface area contributed by atoms with E-state index in [2.05, 4.69) is 4.98 Å². The summed E-state index contributed by atoms with van der Waals surface area (Å²) in [5, 5.41) is 1.30. The van der Waals surface area contributed by atoms with Crippen molar-refractivity contribution in [1.29, 1.82) is 0 Å². The maximum absolute atomic E-state index is 6.31. The quantitative estimate of drug-likeness (QED) is 0.612. The molecule has 0 bridgehead atoms. The summed E-state index contributed by atoms with van der Waals surface area (Å²) >= 11 is 18.4. The summed E-state index contributed by atoms with van der Waals surface area (Å²) < 4.78 is 2.02. The number of aryl methyl sites for hydroxylation is 1. The monoisotopic (exact) mass is 324 g/mol. The van der Waals surface area contributed by atoms with Crippen molar-refractivity contribution >= 4 is 45.8 Å². The zero-order valence-electron chi connectivity index (χ0n) is 10.5. The molecule has 5 heteroatoms. The predicted octanol–water partition coefficient (Wildman–Crippen LogP) is 5.11. The van der Waals surface area contributed by atoms with E-state index >= 15 is 0 Å². The van der Waals surface area contributed by atoms with Crippen molar-refractivity contribution in [3.63, 3.8) is 0 Å². The van der Waals surface area contributed by atoms with Crippen molar-refractivity contribution in [2.75, 3.05) is 5.88 Å². The van der Waals surface area contributed by atoms with E-state index in [1.165, 1.54) is 0 Å². The summed E-state index contributed by atoms with van der Waals surface area (Å²) in [6, 6.07) is 13.4. The van der Waals surface area contributed by atoms with Gasteiger partial charge in [0, 0.05) is 12.3 Å². The molecule has 20 heavy (non-hydrogen) atoms. The summed E-state index contributed by atoms with van der Waals surface area (Å²) in [5.41, 5.74) is 2.60. The summed E-state index contributed by atoms with van der Waals surface area (Å²) in [7, 11) is 0. The molecule has 0 radical (unpaired) electrons. The zero-order chi connectivity index (χ0) is 14.1. The number of nitrogens with zero attached hydrogens (tertiary/aromatic N) is 2. The molecule has 0 saturated carbocycles. The Labute approximate surface area is 131 Å². The lowest BCUT2D eigenvalue weighted by Gasteiger charge is -2.10. The Kier molecular flexibility index (Phi) is 3.88. The average molecular weight is 326 g/mol. The Morgan fingerprint density at radius 1 is 0.950 bits per heavy atom. The van der Waals surface area contributed by atoms with Crippen molar-refractivity contribution in [1.82, 2.24) is 9.55 Å². The Morgan fingerprint density at radius 2 is 1.70 bits per heavy atom. The van der Waals surface area contributed by atoms with E-state index < -0.39 is 0 Å². The number of hydrogen-bond acceptors (Lipinski definition) is 1. The highest BCUT2D eigenvalue weighted by Crippen LogP contribution is 2.30. The lowest BCUT2D eigenvalue weighted by atomic mass is 10.2. The molecule has 0 unspecified atom stereocenters. The molecule has 3 aromatic rings. The lowest BCUT2D eigenvalue weighted by Crippen LogP contribution is -2.02. The second kappa shape index (κ2) is 5.65. The van der Waals surface area contributed by atoms with Gasteiger partial charge in [-0.25, -0.2) is 4.98 Å². The Bertz CT molecular complexity index is 765. The smallest absolute Gasteiger partial charge is 0.115 e. The number of fused-ring (bicyclic) bond motifs is 1. The van der Waals surface area contributed by atoms with Gasteiger partial charge in [0.1, 0.15) is 11.3 Å². The second-order valence-electron chi connectivity index (χ2n) is 4.36. The minimum atomic E-state index is 0.491. The normalized spacial score (nSPS) is 11.2. The van der Waals surface area contributed by atoms with Gasteiger partial charge in [-0.2, -0.15) is 0 Å². The van der Waals surface area contributed by atoms with Gasteiger partial charge in [0.05, 0.1) is 21.2 Å². The third-order valence-electron chi connectivity index (χ3n) is 3.12. The minimum Gasteiger partial charge on any atom is -0.295 e. The molecule has 0 aliphatic heterocycles. The van der Waals surface area contributed by atoms with Crippen LogP contribution < -0.4 is 0 Å². The molecule has 1 aromatic heterocycles. The summed E-state index contributed by atoms with van der Waals surface area (Å²) in [4.78, 5) is 4.61. The van der Waals surface area contributed by atoms with Crippen LogP contribution in [0.5, 0.6) is 0 Å². The first kappa shape index (κ1) is 13.7. The third kappa shape index (κ3) is 2.28. The van der Waals surface area contributed by atoms with Gasteiger partial charge in [0.25, 0.3) is 0 Å². The van der Waals surface area contributed by atoms with Crippen LogP contribution in [0.25, 0.3) is 16.7 Å². The van der Waals surface area contributed by atoms with Crippen molar-refractivity contribution in [2.24, 2.45) is 0 Å². The van der Waals surface area contributed by atoms with E-state index in [0.29, 0.717) is 22.3 Å². The number of alkyl halides is 1. The maximum Gasteiger partial charge on any atom is 0.115 e. The van der Waals surface area contributed by atoms with Gasteiger partial charge < -0.3 is 0 Å². The van der Waals surface area contributed by atoms with Crippen molar-refractivity contribution < 1.29 is 0 Å². The first-order chi connectivity index (χ1) is 9.72. The van der Waals surface area contributed by atoms with Crippen LogP contribution in [-0.2, 0) is 6.42 Å².